The first-order valence-electron chi connectivity index (χ1n) is 9.40. The summed E-state index contributed by atoms with van der Waals surface area (Å²) in [5.74, 6) is 1.17. The Bertz CT molecular complexity index is 437. The first-order chi connectivity index (χ1) is 10.6. The van der Waals surface area contributed by atoms with Crippen LogP contribution in [-0.2, 0) is 0 Å². The van der Waals surface area contributed by atoms with Crippen molar-refractivity contribution in [2.75, 3.05) is 0 Å². The van der Waals surface area contributed by atoms with Crippen LogP contribution in [-0.4, -0.2) is 11.6 Å². The fourth-order valence-electron chi connectivity index (χ4n) is 3.49. The number of rotatable bonds is 9. The first kappa shape index (κ1) is 20.2. The Labute approximate surface area is 145 Å². The van der Waals surface area contributed by atoms with Gasteiger partial charge in [-0.2, -0.15) is 0 Å². The van der Waals surface area contributed by atoms with E-state index < -0.39 is 0 Å². The van der Waals surface area contributed by atoms with Crippen LogP contribution in [0.15, 0.2) is 36.5 Å². The van der Waals surface area contributed by atoms with Crippen molar-refractivity contribution in [1.82, 2.24) is 5.32 Å². The molecule has 0 heterocycles. The standard InChI is InChI=1S/C22H39N/c1-9-10-13-16-21(5,6)18(4)20(17(2)3)23-22(7,8)19-14-11-12-15-19/h10-11,13-14,17,19-20,23H,4,9,12,15-16H2,1-3,5-8H3/b13-10-. The highest BCUT2D eigenvalue weighted by Crippen LogP contribution is 2.36. The van der Waals surface area contributed by atoms with Crippen LogP contribution >= 0.6 is 0 Å². The molecule has 0 aliphatic heterocycles. The van der Waals surface area contributed by atoms with Gasteiger partial charge in [-0.1, -0.05) is 71.1 Å². The maximum absolute atomic E-state index is 4.52. The van der Waals surface area contributed by atoms with Crippen LogP contribution in [0.5, 0.6) is 0 Å². The van der Waals surface area contributed by atoms with E-state index in [1.165, 1.54) is 18.4 Å². The van der Waals surface area contributed by atoms with Gasteiger partial charge >= 0.3 is 0 Å². The topological polar surface area (TPSA) is 12.0 Å². The Morgan fingerprint density at radius 3 is 2.39 bits per heavy atom. The first-order valence-corrected chi connectivity index (χ1v) is 9.40. The molecule has 0 fully saturated rings. The molecule has 0 saturated carbocycles. The predicted molar refractivity (Wildman–Crippen MR) is 105 cm³/mol. The van der Waals surface area contributed by atoms with Crippen molar-refractivity contribution in [3.8, 4) is 0 Å². The van der Waals surface area contributed by atoms with E-state index in [0.29, 0.717) is 17.9 Å². The Morgan fingerprint density at radius 1 is 1.26 bits per heavy atom. The molecule has 132 valence electrons. The zero-order valence-corrected chi connectivity index (χ0v) is 16.6. The molecule has 0 aromatic heterocycles. The van der Waals surface area contributed by atoms with E-state index in [2.05, 4.69) is 84.7 Å². The summed E-state index contributed by atoms with van der Waals surface area (Å²) in [6.07, 6.45) is 13.9. The molecule has 1 aliphatic carbocycles. The van der Waals surface area contributed by atoms with Crippen molar-refractivity contribution in [2.24, 2.45) is 17.3 Å². The van der Waals surface area contributed by atoms with Gasteiger partial charge in [-0.05, 0) is 56.8 Å². The van der Waals surface area contributed by atoms with Crippen LogP contribution in [0.1, 0.15) is 74.1 Å². The van der Waals surface area contributed by atoms with E-state index in [-0.39, 0.29) is 11.0 Å². The highest BCUT2D eigenvalue weighted by Gasteiger charge is 2.36. The molecular weight excluding hydrogens is 278 g/mol. The predicted octanol–water partition coefficient (Wildman–Crippen LogP) is 6.28. The third-order valence-electron chi connectivity index (χ3n) is 5.41. The molecule has 0 aromatic rings. The summed E-state index contributed by atoms with van der Waals surface area (Å²) in [7, 11) is 0. The zero-order valence-electron chi connectivity index (χ0n) is 16.6. The lowest BCUT2D eigenvalue weighted by atomic mass is 9.74. The molecule has 0 amide bonds. The Kier molecular flexibility index (Phi) is 7.32. The summed E-state index contributed by atoms with van der Waals surface area (Å²) < 4.78 is 0. The van der Waals surface area contributed by atoms with Crippen molar-refractivity contribution >= 4 is 0 Å². The lowest BCUT2D eigenvalue weighted by Gasteiger charge is -2.42. The van der Waals surface area contributed by atoms with Crippen LogP contribution in [0.3, 0.4) is 0 Å². The molecule has 0 aromatic carbocycles. The highest BCUT2D eigenvalue weighted by molar-refractivity contribution is 5.19. The quantitative estimate of drug-likeness (QED) is 0.493. The van der Waals surface area contributed by atoms with Crippen molar-refractivity contribution in [1.29, 1.82) is 0 Å². The van der Waals surface area contributed by atoms with Gasteiger partial charge < -0.3 is 5.32 Å². The van der Waals surface area contributed by atoms with Gasteiger partial charge in [0.2, 0.25) is 0 Å². The highest BCUT2D eigenvalue weighted by atomic mass is 15.0. The summed E-state index contributed by atoms with van der Waals surface area (Å²) in [6, 6.07) is 0.351. The maximum Gasteiger partial charge on any atom is 0.0310 e. The van der Waals surface area contributed by atoms with E-state index in [9.17, 15) is 0 Å². The summed E-state index contributed by atoms with van der Waals surface area (Å²) >= 11 is 0. The molecule has 1 aliphatic rings. The van der Waals surface area contributed by atoms with Gasteiger partial charge in [0.05, 0.1) is 0 Å². The van der Waals surface area contributed by atoms with E-state index in [4.69, 9.17) is 0 Å². The van der Waals surface area contributed by atoms with Gasteiger partial charge in [0.25, 0.3) is 0 Å². The zero-order chi connectivity index (χ0) is 17.7. The van der Waals surface area contributed by atoms with Crippen LogP contribution in [0, 0.1) is 17.3 Å². The minimum atomic E-state index is 0.111. The van der Waals surface area contributed by atoms with Crippen molar-refractivity contribution in [2.45, 2.75) is 85.7 Å². The fourth-order valence-corrected chi connectivity index (χ4v) is 3.49. The number of allylic oxidation sites excluding steroid dienone is 3. The molecule has 1 heteroatoms. The van der Waals surface area contributed by atoms with Gasteiger partial charge in [-0.3, -0.25) is 0 Å². The van der Waals surface area contributed by atoms with Crippen molar-refractivity contribution in [3.05, 3.63) is 36.5 Å². The lowest BCUT2D eigenvalue weighted by Crippen LogP contribution is -2.53. The lowest BCUT2D eigenvalue weighted by molar-refractivity contribution is 0.229. The minimum Gasteiger partial charge on any atom is -0.304 e. The van der Waals surface area contributed by atoms with Gasteiger partial charge in [0.15, 0.2) is 0 Å². The molecular formula is C22H39N. The molecule has 0 saturated heterocycles. The largest absolute Gasteiger partial charge is 0.304 e. The Balaban J connectivity index is 2.86. The summed E-state index contributed by atoms with van der Waals surface area (Å²) in [6.45, 7) is 20.7. The molecule has 1 rings (SSSR count). The summed E-state index contributed by atoms with van der Waals surface area (Å²) in [5, 5.41) is 3.96. The van der Waals surface area contributed by atoms with Gasteiger partial charge in [0, 0.05) is 11.6 Å². The third kappa shape index (κ3) is 5.64. The number of nitrogens with one attached hydrogen (secondary N) is 1. The Hall–Kier alpha value is -0.820. The van der Waals surface area contributed by atoms with Crippen LogP contribution < -0.4 is 5.32 Å². The number of hydrogen-bond acceptors (Lipinski definition) is 1. The second-order valence-corrected chi connectivity index (χ2v) is 8.69. The van der Waals surface area contributed by atoms with Gasteiger partial charge in [-0.15, -0.1) is 0 Å². The van der Waals surface area contributed by atoms with Crippen LogP contribution in [0.2, 0.25) is 0 Å². The van der Waals surface area contributed by atoms with Crippen molar-refractivity contribution in [3.63, 3.8) is 0 Å². The summed E-state index contributed by atoms with van der Waals surface area (Å²) in [4.78, 5) is 0. The Morgan fingerprint density at radius 2 is 1.91 bits per heavy atom. The molecule has 23 heavy (non-hydrogen) atoms. The molecule has 2 atom stereocenters. The maximum atomic E-state index is 4.52. The molecule has 1 N–H and O–H groups in total. The monoisotopic (exact) mass is 317 g/mol. The van der Waals surface area contributed by atoms with E-state index in [0.717, 1.165) is 12.8 Å². The van der Waals surface area contributed by atoms with Gasteiger partial charge in [-0.25, -0.2) is 0 Å². The van der Waals surface area contributed by atoms with Crippen LogP contribution in [0.25, 0.3) is 0 Å². The van der Waals surface area contributed by atoms with Crippen molar-refractivity contribution < 1.29 is 0 Å². The van der Waals surface area contributed by atoms with E-state index in [1.54, 1.807) is 0 Å². The smallest absolute Gasteiger partial charge is 0.0310 e. The molecule has 1 nitrogen and oxygen atoms in total. The molecule has 0 radical (unpaired) electrons. The SMILES string of the molecule is C=C(C(NC(C)(C)C1C=CCC1)C(C)C)C(C)(C)C/C=C\CC. The second-order valence-electron chi connectivity index (χ2n) is 8.69. The molecule has 2 unspecified atom stereocenters. The summed E-state index contributed by atoms with van der Waals surface area (Å²) in [5.41, 5.74) is 1.57. The molecule has 0 bridgehead atoms. The second kappa shape index (κ2) is 8.33. The van der Waals surface area contributed by atoms with E-state index >= 15 is 0 Å². The fraction of sp³-hybridized carbons (Fsp3) is 0.727. The third-order valence-corrected chi connectivity index (χ3v) is 5.41. The average Bonchev–Trinajstić information content (AvgIpc) is 2.99. The van der Waals surface area contributed by atoms with Crippen LogP contribution in [0.4, 0.5) is 0 Å². The average molecular weight is 318 g/mol. The van der Waals surface area contributed by atoms with Gasteiger partial charge in [0.1, 0.15) is 0 Å². The van der Waals surface area contributed by atoms with E-state index in [1.807, 2.05) is 0 Å². The minimum absolute atomic E-state index is 0.111. The number of hydrogen-bond donors (Lipinski definition) is 1. The molecule has 0 spiro atoms. The normalized spacial score (nSPS) is 20.6.